The normalized spacial score (nSPS) is 20.4. The molecule has 0 heterocycles. The van der Waals surface area contributed by atoms with Gasteiger partial charge in [-0.3, -0.25) is 0 Å². The molecule has 0 amide bonds. The first kappa shape index (κ1) is 17.9. The minimum Gasteiger partial charge on any atom is -0.308 e. The third kappa shape index (κ3) is 5.56. The van der Waals surface area contributed by atoms with E-state index in [1.165, 1.54) is 67.9 Å². The van der Waals surface area contributed by atoms with Gasteiger partial charge in [-0.15, -0.1) is 0 Å². The molecule has 1 nitrogen and oxygen atoms in total. The Balaban J connectivity index is 1.46. The van der Waals surface area contributed by atoms with Crippen LogP contribution in [0.1, 0.15) is 60.8 Å². The van der Waals surface area contributed by atoms with Gasteiger partial charge in [-0.05, 0) is 67.6 Å². The average Bonchev–Trinajstić information content (AvgIpc) is 2.65. The highest BCUT2D eigenvalue weighted by Crippen LogP contribution is 2.34. The number of rotatable bonds is 7. The van der Waals surface area contributed by atoms with Crippen LogP contribution in [0, 0.1) is 24.2 Å². The first-order valence-electron chi connectivity index (χ1n) is 9.88. The lowest BCUT2D eigenvalue weighted by atomic mass is 9.77. The minimum absolute atomic E-state index is 0.889. The molecule has 1 N–H and O–H groups in total. The summed E-state index contributed by atoms with van der Waals surface area (Å²) in [6.07, 6.45) is 12.2. The van der Waals surface area contributed by atoms with Crippen LogP contribution in [0.4, 0.5) is 0 Å². The molecular formula is C24H31N. The summed E-state index contributed by atoms with van der Waals surface area (Å²) in [5.41, 5.74) is 5.30. The van der Waals surface area contributed by atoms with Crippen LogP contribution in [0.3, 0.4) is 0 Å². The highest BCUT2D eigenvalue weighted by atomic mass is 14.3. The van der Waals surface area contributed by atoms with Gasteiger partial charge in [0.1, 0.15) is 0 Å². The maximum Gasteiger partial charge on any atom is 0.0250 e. The molecule has 1 heteroatoms. The van der Waals surface area contributed by atoms with Gasteiger partial charge < -0.3 is 5.41 Å². The molecule has 0 aliphatic heterocycles. The molecule has 0 aromatic heterocycles. The molecule has 1 aliphatic rings. The average molecular weight is 334 g/mol. The monoisotopic (exact) mass is 333 g/mol. The molecule has 0 spiro atoms. The maximum atomic E-state index is 7.40. The molecular weight excluding hydrogens is 302 g/mol. The molecule has 1 aliphatic carbocycles. The Morgan fingerprint density at radius 1 is 0.920 bits per heavy atom. The van der Waals surface area contributed by atoms with Crippen LogP contribution >= 0.6 is 0 Å². The van der Waals surface area contributed by atoms with Crippen LogP contribution in [0.2, 0.25) is 0 Å². The fourth-order valence-corrected chi connectivity index (χ4v) is 4.37. The van der Waals surface area contributed by atoms with Crippen molar-refractivity contribution >= 4 is 6.21 Å². The van der Waals surface area contributed by atoms with Crippen molar-refractivity contribution in [2.24, 2.45) is 11.8 Å². The van der Waals surface area contributed by atoms with Crippen molar-refractivity contribution in [3.05, 3.63) is 70.8 Å². The third-order valence-electron chi connectivity index (χ3n) is 5.77. The number of aryl methyl sites for hydroxylation is 3. The third-order valence-corrected chi connectivity index (χ3v) is 5.77. The van der Waals surface area contributed by atoms with E-state index in [4.69, 9.17) is 5.41 Å². The van der Waals surface area contributed by atoms with Gasteiger partial charge in [-0.25, -0.2) is 0 Å². The van der Waals surface area contributed by atoms with Gasteiger partial charge in [0.05, 0.1) is 0 Å². The van der Waals surface area contributed by atoms with E-state index >= 15 is 0 Å². The van der Waals surface area contributed by atoms with E-state index < -0.39 is 0 Å². The highest BCUT2D eigenvalue weighted by molar-refractivity contribution is 5.77. The van der Waals surface area contributed by atoms with Crippen molar-refractivity contribution in [3.63, 3.8) is 0 Å². The largest absolute Gasteiger partial charge is 0.308 e. The lowest BCUT2D eigenvalue weighted by Gasteiger charge is -2.29. The zero-order valence-electron chi connectivity index (χ0n) is 15.5. The van der Waals surface area contributed by atoms with Crippen LogP contribution in [-0.4, -0.2) is 6.21 Å². The quantitative estimate of drug-likeness (QED) is 0.570. The molecule has 2 unspecified atom stereocenters. The molecule has 2 aromatic rings. The van der Waals surface area contributed by atoms with Crippen LogP contribution in [0.15, 0.2) is 48.5 Å². The van der Waals surface area contributed by atoms with E-state index in [0.29, 0.717) is 0 Å². The van der Waals surface area contributed by atoms with Crippen molar-refractivity contribution in [3.8, 4) is 0 Å². The molecule has 3 rings (SSSR count). The van der Waals surface area contributed by atoms with Crippen molar-refractivity contribution in [2.45, 2.75) is 58.3 Å². The lowest BCUT2D eigenvalue weighted by Crippen LogP contribution is -2.17. The summed E-state index contributed by atoms with van der Waals surface area (Å²) in [6.45, 7) is 2.19. The van der Waals surface area contributed by atoms with Gasteiger partial charge in [0.15, 0.2) is 0 Å². The Morgan fingerprint density at radius 2 is 1.56 bits per heavy atom. The maximum absolute atomic E-state index is 7.40. The van der Waals surface area contributed by atoms with Gasteiger partial charge in [0.2, 0.25) is 0 Å². The molecule has 25 heavy (non-hydrogen) atoms. The van der Waals surface area contributed by atoms with Crippen LogP contribution in [0.5, 0.6) is 0 Å². The smallest absolute Gasteiger partial charge is 0.0250 e. The number of hydrogen-bond donors (Lipinski definition) is 1. The second-order valence-corrected chi connectivity index (χ2v) is 7.85. The lowest BCUT2D eigenvalue weighted by molar-refractivity contribution is 0.244. The predicted octanol–water partition coefficient (Wildman–Crippen LogP) is 6.36. The SMILES string of the molecule is Cc1cccc(CCC2CCCC(CCc3cccc(C=N)c3)C2)c1. The predicted molar refractivity (Wildman–Crippen MR) is 108 cm³/mol. The molecule has 1 fully saturated rings. The van der Waals surface area contributed by atoms with Crippen LogP contribution < -0.4 is 0 Å². The van der Waals surface area contributed by atoms with Crippen molar-refractivity contribution in [1.29, 1.82) is 5.41 Å². The second-order valence-electron chi connectivity index (χ2n) is 7.85. The standard InChI is InChI=1S/C24H31N/c1-19-5-2-6-20(15-19)11-12-21-7-3-8-22(16-21)13-14-23-9-4-10-24(17-23)18-25/h2,4-6,9-10,15,17-18,21-22,25H,3,7-8,11-14,16H2,1H3. The second kappa shape index (κ2) is 8.99. The van der Waals surface area contributed by atoms with Gasteiger partial charge >= 0.3 is 0 Å². The van der Waals surface area contributed by atoms with Gasteiger partial charge in [0.25, 0.3) is 0 Å². The van der Waals surface area contributed by atoms with E-state index in [2.05, 4.69) is 49.4 Å². The van der Waals surface area contributed by atoms with E-state index in [9.17, 15) is 0 Å². The van der Waals surface area contributed by atoms with Crippen LogP contribution in [-0.2, 0) is 12.8 Å². The van der Waals surface area contributed by atoms with Gasteiger partial charge in [-0.2, -0.15) is 0 Å². The van der Waals surface area contributed by atoms with E-state index in [1.54, 1.807) is 0 Å². The highest BCUT2D eigenvalue weighted by Gasteiger charge is 2.21. The summed E-state index contributed by atoms with van der Waals surface area (Å²) in [4.78, 5) is 0. The molecule has 0 radical (unpaired) electrons. The van der Waals surface area contributed by atoms with Crippen molar-refractivity contribution in [1.82, 2.24) is 0 Å². The number of hydrogen-bond acceptors (Lipinski definition) is 1. The molecule has 1 saturated carbocycles. The van der Waals surface area contributed by atoms with E-state index in [-0.39, 0.29) is 0 Å². The molecule has 2 aromatic carbocycles. The summed E-state index contributed by atoms with van der Waals surface area (Å²) in [7, 11) is 0. The summed E-state index contributed by atoms with van der Waals surface area (Å²) >= 11 is 0. The van der Waals surface area contributed by atoms with Crippen LogP contribution in [0.25, 0.3) is 0 Å². The van der Waals surface area contributed by atoms with Gasteiger partial charge in [-0.1, -0.05) is 73.4 Å². The molecule has 2 atom stereocenters. The van der Waals surface area contributed by atoms with Gasteiger partial charge in [0, 0.05) is 6.21 Å². The summed E-state index contributed by atoms with van der Waals surface area (Å²) < 4.78 is 0. The van der Waals surface area contributed by atoms with Crippen molar-refractivity contribution < 1.29 is 0 Å². The Bertz CT molecular complexity index is 688. The topological polar surface area (TPSA) is 23.9 Å². The minimum atomic E-state index is 0.889. The Kier molecular flexibility index (Phi) is 6.44. The molecule has 0 bridgehead atoms. The summed E-state index contributed by atoms with van der Waals surface area (Å²) in [5, 5.41) is 7.40. The fourth-order valence-electron chi connectivity index (χ4n) is 4.37. The Morgan fingerprint density at radius 3 is 2.20 bits per heavy atom. The first-order chi connectivity index (χ1) is 12.2. The molecule has 132 valence electrons. The zero-order chi connectivity index (χ0) is 17.5. The molecule has 0 saturated heterocycles. The first-order valence-corrected chi connectivity index (χ1v) is 9.88. The summed E-state index contributed by atoms with van der Waals surface area (Å²) in [6, 6.07) is 17.5. The summed E-state index contributed by atoms with van der Waals surface area (Å²) in [5.74, 6) is 1.80. The van der Waals surface area contributed by atoms with Crippen molar-refractivity contribution in [2.75, 3.05) is 0 Å². The fraction of sp³-hybridized carbons (Fsp3) is 0.458. The Labute approximate surface area is 153 Å². The number of benzene rings is 2. The zero-order valence-corrected chi connectivity index (χ0v) is 15.5. The van der Waals surface area contributed by atoms with E-state index in [0.717, 1.165) is 23.8 Å². The number of nitrogens with one attached hydrogen (secondary N) is 1. The van der Waals surface area contributed by atoms with E-state index in [1.807, 2.05) is 6.07 Å². The Hall–Kier alpha value is -1.89.